The summed E-state index contributed by atoms with van der Waals surface area (Å²) in [5.41, 5.74) is -0.146. The van der Waals surface area contributed by atoms with Gasteiger partial charge >= 0.3 is 5.97 Å². The normalized spacial score (nSPS) is 15.8. The molecule has 1 atom stereocenters. The highest BCUT2D eigenvalue weighted by Crippen LogP contribution is 2.35. The molecule has 0 saturated heterocycles. The average molecular weight is 264 g/mol. The fourth-order valence-corrected chi connectivity index (χ4v) is 2.18. The lowest BCUT2D eigenvalue weighted by atomic mass is 10.1. The van der Waals surface area contributed by atoms with Crippen molar-refractivity contribution in [2.24, 2.45) is 5.92 Å². The summed E-state index contributed by atoms with van der Waals surface area (Å²) in [4.78, 5) is 21.6. The van der Waals surface area contributed by atoms with Crippen molar-refractivity contribution in [1.29, 1.82) is 0 Å². The van der Waals surface area contributed by atoms with Gasteiger partial charge in [0.05, 0.1) is 10.5 Å². The van der Waals surface area contributed by atoms with Crippen LogP contribution in [0.2, 0.25) is 0 Å². The molecule has 19 heavy (non-hydrogen) atoms. The minimum atomic E-state index is -1.16. The van der Waals surface area contributed by atoms with Crippen LogP contribution in [0.25, 0.3) is 0 Å². The van der Waals surface area contributed by atoms with E-state index in [0.717, 1.165) is 6.42 Å². The molecule has 1 aliphatic rings. The lowest BCUT2D eigenvalue weighted by Gasteiger charge is -2.16. The molecule has 0 radical (unpaired) electrons. The molecule has 2 rings (SSSR count). The summed E-state index contributed by atoms with van der Waals surface area (Å²) in [6.07, 6.45) is 3.29. The van der Waals surface area contributed by atoms with Crippen LogP contribution in [-0.2, 0) is 0 Å². The van der Waals surface area contributed by atoms with Crippen molar-refractivity contribution in [1.82, 2.24) is 0 Å². The van der Waals surface area contributed by atoms with Crippen LogP contribution < -0.4 is 5.32 Å². The first kappa shape index (κ1) is 13.3. The predicted octanol–water partition coefficient (Wildman–Crippen LogP) is 2.89. The molecule has 6 nitrogen and oxygen atoms in total. The first-order chi connectivity index (χ1) is 8.99. The molecule has 1 aromatic rings. The number of nitrogens with zero attached hydrogens (tertiary/aromatic N) is 1. The van der Waals surface area contributed by atoms with Crippen molar-refractivity contribution in [3.63, 3.8) is 0 Å². The number of carbonyl (C=O) groups is 1. The first-order valence-corrected chi connectivity index (χ1v) is 6.26. The molecule has 0 amide bonds. The number of rotatable bonds is 6. The van der Waals surface area contributed by atoms with E-state index >= 15 is 0 Å². The van der Waals surface area contributed by atoms with Gasteiger partial charge < -0.3 is 10.4 Å². The zero-order chi connectivity index (χ0) is 14.0. The van der Waals surface area contributed by atoms with Crippen LogP contribution in [0.4, 0.5) is 11.4 Å². The number of para-hydroxylation sites is 1. The molecule has 6 heteroatoms. The molecule has 1 aliphatic carbocycles. The fourth-order valence-electron chi connectivity index (χ4n) is 2.18. The largest absolute Gasteiger partial charge is 0.478 e. The number of nitro groups is 1. The standard InChI is InChI=1S/C13H16N2O4/c1-8(7-9-5-6-9)14-12-10(13(16)17)3-2-4-11(12)15(18)19/h2-4,8-9,14H,5-7H2,1H3,(H,16,17). The van der Waals surface area contributed by atoms with E-state index < -0.39 is 10.9 Å². The Morgan fingerprint density at radius 2 is 2.26 bits per heavy atom. The number of benzene rings is 1. The summed E-state index contributed by atoms with van der Waals surface area (Å²) in [7, 11) is 0. The van der Waals surface area contributed by atoms with Gasteiger partial charge in [0.1, 0.15) is 5.69 Å². The Hall–Kier alpha value is -2.11. The Balaban J connectivity index is 2.28. The SMILES string of the molecule is CC(CC1CC1)Nc1c(C(=O)O)cccc1[N+](=O)[O-]. The topological polar surface area (TPSA) is 92.5 Å². The molecule has 1 saturated carbocycles. The van der Waals surface area contributed by atoms with Crippen molar-refractivity contribution < 1.29 is 14.8 Å². The molecule has 102 valence electrons. The second-order valence-electron chi connectivity index (χ2n) is 4.99. The fraction of sp³-hybridized carbons (Fsp3) is 0.462. The molecule has 0 aliphatic heterocycles. The van der Waals surface area contributed by atoms with Crippen molar-refractivity contribution >= 4 is 17.3 Å². The average Bonchev–Trinajstić information content (AvgIpc) is 3.12. The molecular formula is C13H16N2O4. The van der Waals surface area contributed by atoms with E-state index in [1.54, 1.807) is 0 Å². The Morgan fingerprint density at radius 3 is 2.79 bits per heavy atom. The third-order valence-corrected chi connectivity index (χ3v) is 3.24. The molecule has 0 spiro atoms. The molecule has 1 fully saturated rings. The zero-order valence-corrected chi connectivity index (χ0v) is 10.6. The molecule has 1 unspecified atom stereocenters. The highest BCUT2D eigenvalue weighted by atomic mass is 16.6. The van der Waals surface area contributed by atoms with E-state index in [9.17, 15) is 14.9 Å². The summed E-state index contributed by atoms with van der Waals surface area (Å²) < 4.78 is 0. The van der Waals surface area contributed by atoms with E-state index in [1.165, 1.54) is 31.0 Å². The highest BCUT2D eigenvalue weighted by Gasteiger charge is 2.26. The summed E-state index contributed by atoms with van der Waals surface area (Å²) in [5.74, 6) is -0.497. The van der Waals surface area contributed by atoms with Crippen LogP contribution >= 0.6 is 0 Å². The maximum Gasteiger partial charge on any atom is 0.338 e. The number of nitro benzene ring substituents is 1. The smallest absolute Gasteiger partial charge is 0.338 e. The summed E-state index contributed by atoms with van der Waals surface area (Å²) >= 11 is 0. The summed E-state index contributed by atoms with van der Waals surface area (Å²) in [6, 6.07) is 4.10. The third-order valence-electron chi connectivity index (χ3n) is 3.24. The molecule has 0 aromatic heterocycles. The van der Waals surface area contributed by atoms with Gasteiger partial charge in [-0.25, -0.2) is 4.79 Å². The predicted molar refractivity (Wildman–Crippen MR) is 70.5 cm³/mol. The third kappa shape index (κ3) is 3.21. The number of carboxylic acids is 1. The van der Waals surface area contributed by atoms with Crippen LogP contribution in [0.15, 0.2) is 18.2 Å². The lowest BCUT2D eigenvalue weighted by Crippen LogP contribution is -2.19. The van der Waals surface area contributed by atoms with Crippen LogP contribution in [0, 0.1) is 16.0 Å². The quantitative estimate of drug-likeness (QED) is 0.608. The van der Waals surface area contributed by atoms with Gasteiger partial charge in [-0.1, -0.05) is 18.9 Å². The number of anilines is 1. The Kier molecular flexibility index (Phi) is 3.69. The Bertz CT molecular complexity index is 479. The van der Waals surface area contributed by atoms with Gasteiger partial charge in [-0.2, -0.15) is 0 Å². The van der Waals surface area contributed by atoms with E-state index in [4.69, 9.17) is 5.11 Å². The Morgan fingerprint density at radius 1 is 1.58 bits per heavy atom. The number of nitrogens with one attached hydrogen (secondary N) is 1. The first-order valence-electron chi connectivity index (χ1n) is 6.26. The molecular weight excluding hydrogens is 248 g/mol. The van der Waals surface area contributed by atoms with Gasteiger partial charge in [-0.15, -0.1) is 0 Å². The minimum Gasteiger partial charge on any atom is -0.478 e. The van der Waals surface area contributed by atoms with Gasteiger partial charge in [0.25, 0.3) is 5.69 Å². The zero-order valence-electron chi connectivity index (χ0n) is 10.6. The van der Waals surface area contributed by atoms with Crippen molar-refractivity contribution in [3.8, 4) is 0 Å². The maximum atomic E-state index is 11.2. The van der Waals surface area contributed by atoms with Gasteiger partial charge in [0.15, 0.2) is 0 Å². The van der Waals surface area contributed by atoms with E-state index in [2.05, 4.69) is 5.32 Å². The molecule has 0 bridgehead atoms. The van der Waals surface area contributed by atoms with Gasteiger partial charge in [-0.3, -0.25) is 10.1 Å². The molecule has 2 N–H and O–H groups in total. The van der Waals surface area contributed by atoms with Crippen molar-refractivity contribution in [2.75, 3.05) is 5.32 Å². The van der Waals surface area contributed by atoms with Gasteiger partial charge in [0, 0.05) is 12.1 Å². The summed E-state index contributed by atoms with van der Waals surface area (Å²) in [5, 5.41) is 23.1. The van der Waals surface area contributed by atoms with E-state index in [1.807, 2.05) is 6.92 Å². The number of aromatic carboxylic acids is 1. The van der Waals surface area contributed by atoms with Crippen molar-refractivity contribution in [3.05, 3.63) is 33.9 Å². The van der Waals surface area contributed by atoms with E-state index in [0.29, 0.717) is 5.92 Å². The van der Waals surface area contributed by atoms with Crippen LogP contribution in [0.3, 0.4) is 0 Å². The Labute approximate surface area is 110 Å². The minimum absolute atomic E-state index is 0.0201. The van der Waals surface area contributed by atoms with Crippen LogP contribution in [0.5, 0.6) is 0 Å². The number of carboxylic acid groups (broad SMARTS) is 1. The molecule has 1 aromatic carbocycles. The van der Waals surface area contributed by atoms with Gasteiger partial charge in [-0.05, 0) is 25.3 Å². The highest BCUT2D eigenvalue weighted by molar-refractivity contribution is 5.96. The number of hydrogen-bond acceptors (Lipinski definition) is 4. The maximum absolute atomic E-state index is 11.2. The summed E-state index contributed by atoms with van der Waals surface area (Å²) in [6.45, 7) is 1.92. The van der Waals surface area contributed by atoms with Gasteiger partial charge in [0.2, 0.25) is 0 Å². The second-order valence-corrected chi connectivity index (χ2v) is 4.99. The van der Waals surface area contributed by atoms with Crippen molar-refractivity contribution in [2.45, 2.75) is 32.2 Å². The van der Waals surface area contributed by atoms with Crippen LogP contribution in [-0.4, -0.2) is 22.0 Å². The van der Waals surface area contributed by atoms with Crippen LogP contribution in [0.1, 0.15) is 36.5 Å². The monoisotopic (exact) mass is 264 g/mol. The second kappa shape index (κ2) is 5.26. The van der Waals surface area contributed by atoms with E-state index in [-0.39, 0.29) is 23.0 Å². The molecule has 0 heterocycles. The number of hydrogen-bond donors (Lipinski definition) is 2. The lowest BCUT2D eigenvalue weighted by molar-refractivity contribution is -0.384.